The predicted octanol–water partition coefficient (Wildman–Crippen LogP) is 2.04. The fourth-order valence-corrected chi connectivity index (χ4v) is 4.35. The molecular formula is C27H25NO7. The highest BCUT2D eigenvalue weighted by atomic mass is 16.7. The van der Waals surface area contributed by atoms with Crippen molar-refractivity contribution in [2.75, 3.05) is 6.61 Å². The van der Waals surface area contributed by atoms with Gasteiger partial charge in [-0.05, 0) is 24.3 Å². The first-order chi connectivity index (χ1) is 17.0. The molecule has 35 heavy (non-hydrogen) atoms. The van der Waals surface area contributed by atoms with Crippen molar-refractivity contribution in [3.05, 3.63) is 96.2 Å². The van der Waals surface area contributed by atoms with Crippen molar-refractivity contribution >= 4 is 16.7 Å². The number of benzene rings is 3. The Bertz CT molecular complexity index is 1330. The third-order valence-electron chi connectivity index (χ3n) is 6.21. The van der Waals surface area contributed by atoms with Crippen molar-refractivity contribution in [1.29, 1.82) is 0 Å². The summed E-state index contributed by atoms with van der Waals surface area (Å²) in [6, 6.07) is 23.6. The number of carbonyl (C=O) groups excluding carboxylic acids is 1. The first-order valence-electron chi connectivity index (χ1n) is 11.3. The molecular weight excluding hydrogens is 450 g/mol. The van der Waals surface area contributed by atoms with Crippen LogP contribution in [0.2, 0.25) is 0 Å². The molecule has 0 bridgehead atoms. The average molecular weight is 475 g/mol. The van der Waals surface area contributed by atoms with E-state index in [1.807, 2.05) is 59.2 Å². The summed E-state index contributed by atoms with van der Waals surface area (Å²) < 4.78 is 13.3. The van der Waals surface area contributed by atoms with Gasteiger partial charge in [-0.1, -0.05) is 54.6 Å². The Hall–Kier alpha value is -3.53. The molecule has 0 unspecified atom stereocenters. The van der Waals surface area contributed by atoms with E-state index < -0.39 is 37.3 Å². The minimum absolute atomic E-state index is 0.129. The number of rotatable bonds is 6. The van der Waals surface area contributed by atoms with Crippen LogP contribution in [0.4, 0.5) is 0 Å². The molecule has 0 saturated carbocycles. The van der Waals surface area contributed by atoms with Gasteiger partial charge in [0.1, 0.15) is 30.2 Å². The molecule has 180 valence electrons. The maximum Gasteiger partial charge on any atom is 0.229 e. The molecule has 1 saturated heterocycles. The van der Waals surface area contributed by atoms with Crippen molar-refractivity contribution in [1.82, 2.24) is 4.57 Å². The second-order valence-corrected chi connectivity index (χ2v) is 8.41. The fourth-order valence-electron chi connectivity index (χ4n) is 4.35. The van der Waals surface area contributed by atoms with E-state index in [4.69, 9.17) is 9.47 Å². The SMILES string of the molecule is O=C(c1ccccc1)c1ccccc1-n1cc(O[C@H]2O[C@@H](CO)[C@@H](O)[C@@H](O)[C@@H]2O)c2ccccc21. The number of aromatic nitrogens is 1. The summed E-state index contributed by atoms with van der Waals surface area (Å²) >= 11 is 0. The number of ether oxygens (including phenoxy) is 2. The molecule has 1 fully saturated rings. The average Bonchev–Trinajstić information content (AvgIpc) is 3.27. The molecule has 5 rings (SSSR count). The number of aliphatic hydroxyl groups is 4. The Morgan fingerprint density at radius 1 is 0.857 bits per heavy atom. The summed E-state index contributed by atoms with van der Waals surface area (Å²) in [6.45, 7) is -0.554. The number of hydrogen-bond donors (Lipinski definition) is 4. The molecule has 4 N–H and O–H groups in total. The summed E-state index contributed by atoms with van der Waals surface area (Å²) in [5.41, 5.74) is 2.45. The van der Waals surface area contributed by atoms with Crippen molar-refractivity contribution in [2.24, 2.45) is 0 Å². The summed E-state index contributed by atoms with van der Waals surface area (Å²) in [4.78, 5) is 13.3. The Balaban J connectivity index is 1.56. The minimum atomic E-state index is -1.55. The van der Waals surface area contributed by atoms with Crippen LogP contribution in [0.5, 0.6) is 5.75 Å². The minimum Gasteiger partial charge on any atom is -0.460 e. The van der Waals surface area contributed by atoms with Crippen molar-refractivity contribution < 1.29 is 34.7 Å². The second kappa shape index (κ2) is 9.61. The van der Waals surface area contributed by atoms with E-state index in [0.29, 0.717) is 28.0 Å². The molecule has 1 aliphatic rings. The zero-order valence-corrected chi connectivity index (χ0v) is 18.6. The van der Waals surface area contributed by atoms with E-state index in [-0.39, 0.29) is 5.78 Å². The monoisotopic (exact) mass is 475 g/mol. The molecule has 0 radical (unpaired) electrons. The molecule has 0 aliphatic carbocycles. The largest absolute Gasteiger partial charge is 0.460 e. The van der Waals surface area contributed by atoms with Crippen LogP contribution in [0, 0.1) is 0 Å². The number of fused-ring (bicyclic) bond motifs is 1. The van der Waals surface area contributed by atoms with Gasteiger partial charge in [0.25, 0.3) is 0 Å². The highest BCUT2D eigenvalue weighted by Gasteiger charge is 2.45. The molecule has 4 aromatic rings. The molecule has 1 aromatic heterocycles. The van der Waals surface area contributed by atoms with Gasteiger partial charge in [0, 0.05) is 16.5 Å². The summed E-state index contributed by atoms with van der Waals surface area (Å²) in [6.07, 6.45) is -5.30. The van der Waals surface area contributed by atoms with Crippen LogP contribution >= 0.6 is 0 Å². The van der Waals surface area contributed by atoms with Crippen LogP contribution in [0.15, 0.2) is 85.1 Å². The van der Waals surface area contributed by atoms with Gasteiger partial charge in [0.2, 0.25) is 6.29 Å². The molecule has 0 spiro atoms. The summed E-state index contributed by atoms with van der Waals surface area (Å²) in [5, 5.41) is 40.8. The van der Waals surface area contributed by atoms with E-state index >= 15 is 0 Å². The van der Waals surface area contributed by atoms with Gasteiger partial charge in [-0.2, -0.15) is 0 Å². The van der Waals surface area contributed by atoms with Crippen LogP contribution in [-0.4, -0.2) is 68.1 Å². The van der Waals surface area contributed by atoms with Crippen molar-refractivity contribution in [3.8, 4) is 11.4 Å². The lowest BCUT2D eigenvalue weighted by Crippen LogP contribution is -2.60. The molecule has 0 amide bonds. The molecule has 1 aliphatic heterocycles. The Morgan fingerprint density at radius 3 is 2.31 bits per heavy atom. The maximum absolute atomic E-state index is 13.3. The van der Waals surface area contributed by atoms with Crippen LogP contribution in [0.25, 0.3) is 16.6 Å². The van der Waals surface area contributed by atoms with Gasteiger partial charge < -0.3 is 34.5 Å². The highest BCUT2D eigenvalue weighted by Crippen LogP contribution is 2.34. The van der Waals surface area contributed by atoms with E-state index in [0.717, 1.165) is 5.52 Å². The lowest BCUT2D eigenvalue weighted by atomic mass is 9.99. The Labute approximate surface area is 201 Å². The van der Waals surface area contributed by atoms with E-state index in [2.05, 4.69) is 0 Å². The topological polar surface area (TPSA) is 121 Å². The summed E-state index contributed by atoms with van der Waals surface area (Å²) in [7, 11) is 0. The maximum atomic E-state index is 13.3. The van der Waals surface area contributed by atoms with Gasteiger partial charge in [-0.25, -0.2) is 0 Å². The van der Waals surface area contributed by atoms with Gasteiger partial charge in [0.05, 0.1) is 24.0 Å². The van der Waals surface area contributed by atoms with Crippen LogP contribution in [0.1, 0.15) is 15.9 Å². The Kier molecular flexibility index (Phi) is 6.38. The molecule has 2 heterocycles. The standard InChI is InChI=1S/C27H25NO7/c29-15-22-24(31)25(32)26(33)27(35-22)34-21-14-28(19-12-6-4-10-17(19)21)20-13-7-5-11-18(20)23(30)16-8-2-1-3-9-16/h1-14,22,24-27,29,31-33H,15H2/t22-,24+,25+,26-,27-/m0/s1. The lowest BCUT2D eigenvalue weighted by Gasteiger charge is -2.39. The number of hydrogen-bond acceptors (Lipinski definition) is 7. The predicted molar refractivity (Wildman–Crippen MR) is 128 cm³/mol. The van der Waals surface area contributed by atoms with E-state index in [1.54, 1.807) is 30.5 Å². The zero-order chi connectivity index (χ0) is 24.5. The first-order valence-corrected chi connectivity index (χ1v) is 11.3. The van der Waals surface area contributed by atoms with Crippen LogP contribution in [-0.2, 0) is 4.74 Å². The third kappa shape index (κ3) is 4.22. The molecule has 8 nitrogen and oxygen atoms in total. The number of para-hydroxylation sites is 2. The first kappa shape index (κ1) is 23.2. The number of nitrogens with zero attached hydrogens (tertiary/aromatic N) is 1. The van der Waals surface area contributed by atoms with Gasteiger partial charge >= 0.3 is 0 Å². The number of aliphatic hydroxyl groups excluding tert-OH is 4. The zero-order valence-electron chi connectivity index (χ0n) is 18.6. The fraction of sp³-hybridized carbons (Fsp3) is 0.222. The van der Waals surface area contributed by atoms with Gasteiger partial charge in [0.15, 0.2) is 5.78 Å². The number of ketones is 1. The molecule has 3 aromatic carbocycles. The van der Waals surface area contributed by atoms with E-state index in [1.165, 1.54) is 0 Å². The lowest BCUT2D eigenvalue weighted by molar-refractivity contribution is -0.277. The highest BCUT2D eigenvalue weighted by molar-refractivity contribution is 6.11. The normalized spacial score (nSPS) is 24.4. The van der Waals surface area contributed by atoms with Crippen molar-refractivity contribution in [2.45, 2.75) is 30.7 Å². The quantitative estimate of drug-likeness (QED) is 0.315. The van der Waals surface area contributed by atoms with Crippen molar-refractivity contribution in [3.63, 3.8) is 0 Å². The number of carbonyl (C=O) groups is 1. The second-order valence-electron chi connectivity index (χ2n) is 8.41. The van der Waals surface area contributed by atoms with E-state index in [9.17, 15) is 25.2 Å². The molecule has 5 atom stereocenters. The van der Waals surface area contributed by atoms with Gasteiger partial charge in [-0.3, -0.25) is 4.79 Å². The smallest absolute Gasteiger partial charge is 0.229 e. The third-order valence-corrected chi connectivity index (χ3v) is 6.21. The molecule has 8 heteroatoms. The van der Waals surface area contributed by atoms with Crippen LogP contribution in [0.3, 0.4) is 0 Å². The Morgan fingerprint density at radius 2 is 1.54 bits per heavy atom. The van der Waals surface area contributed by atoms with Crippen LogP contribution < -0.4 is 4.74 Å². The van der Waals surface area contributed by atoms with Gasteiger partial charge in [-0.15, -0.1) is 0 Å². The summed E-state index contributed by atoms with van der Waals surface area (Å²) in [5.74, 6) is 0.210.